The molecule has 1 heterocycles. The molecule has 0 spiro atoms. The largest absolute Gasteiger partial charge is 0.397 e. The molecule has 0 amide bonds. The molecule has 0 atom stereocenters. The minimum Gasteiger partial charge on any atom is -0.397 e. The van der Waals surface area contributed by atoms with E-state index in [1.165, 1.54) is 0 Å². The van der Waals surface area contributed by atoms with Gasteiger partial charge in [0.1, 0.15) is 0 Å². The number of anilines is 1. The van der Waals surface area contributed by atoms with Crippen LogP contribution in [0, 0.1) is 0 Å². The van der Waals surface area contributed by atoms with Crippen LogP contribution in [0.15, 0.2) is 16.5 Å². The summed E-state index contributed by atoms with van der Waals surface area (Å²) in [7, 11) is 0. The third-order valence-electron chi connectivity index (χ3n) is 1.68. The highest BCUT2D eigenvalue weighted by Crippen LogP contribution is 2.35. The minimum atomic E-state index is 0.616. The van der Waals surface area contributed by atoms with Gasteiger partial charge in [-0.05, 0) is 18.4 Å². The van der Waals surface area contributed by atoms with E-state index in [4.69, 9.17) is 17.3 Å². The highest BCUT2D eigenvalue weighted by Gasteiger charge is 2.08. The number of aromatic nitrogens is 1. The van der Waals surface area contributed by atoms with Gasteiger partial charge in [0.15, 0.2) is 4.34 Å². The molecule has 0 saturated carbocycles. The second-order valence-corrected chi connectivity index (χ2v) is 4.93. The molecular formula is C8H7ClN2S2. The molecule has 13 heavy (non-hydrogen) atoms. The Morgan fingerprint density at radius 1 is 1.54 bits per heavy atom. The Bertz CT molecular complexity index is 453. The Kier molecular flexibility index (Phi) is 2.36. The van der Waals surface area contributed by atoms with E-state index in [1.807, 2.05) is 12.3 Å². The molecular weight excluding hydrogens is 224 g/mol. The maximum Gasteiger partial charge on any atom is 0.150 e. The average molecular weight is 231 g/mol. The zero-order valence-electron chi connectivity index (χ0n) is 6.87. The van der Waals surface area contributed by atoms with E-state index in [0.29, 0.717) is 10.7 Å². The zero-order chi connectivity index (χ0) is 9.42. The van der Waals surface area contributed by atoms with E-state index in [1.54, 1.807) is 29.2 Å². The highest BCUT2D eigenvalue weighted by atomic mass is 35.5. The first-order valence-electron chi connectivity index (χ1n) is 3.61. The van der Waals surface area contributed by atoms with Crippen LogP contribution >= 0.6 is 34.7 Å². The summed E-state index contributed by atoms with van der Waals surface area (Å²) >= 11 is 9.23. The Balaban J connectivity index is 2.76. The number of thioether (sulfide) groups is 1. The first-order chi connectivity index (χ1) is 6.22. The summed E-state index contributed by atoms with van der Waals surface area (Å²) in [6.45, 7) is 0. The predicted octanol–water partition coefficient (Wildman–Crippen LogP) is 3.25. The van der Waals surface area contributed by atoms with Crippen molar-refractivity contribution in [2.45, 2.75) is 4.34 Å². The molecule has 68 valence electrons. The molecule has 0 radical (unpaired) electrons. The summed E-state index contributed by atoms with van der Waals surface area (Å²) < 4.78 is 1.99. The summed E-state index contributed by atoms with van der Waals surface area (Å²) in [6.07, 6.45) is 2.00. The van der Waals surface area contributed by atoms with Gasteiger partial charge < -0.3 is 5.73 Å². The second kappa shape index (κ2) is 3.36. The lowest BCUT2D eigenvalue weighted by Gasteiger charge is -1.95. The number of halogens is 1. The zero-order valence-corrected chi connectivity index (χ0v) is 9.26. The predicted molar refractivity (Wildman–Crippen MR) is 60.8 cm³/mol. The lowest BCUT2D eigenvalue weighted by Crippen LogP contribution is -1.84. The summed E-state index contributed by atoms with van der Waals surface area (Å²) in [5, 5.41) is 0.621. The summed E-state index contributed by atoms with van der Waals surface area (Å²) in [5.41, 5.74) is 7.22. The fraction of sp³-hybridized carbons (Fsp3) is 0.125. The van der Waals surface area contributed by atoms with Crippen molar-refractivity contribution < 1.29 is 0 Å². The smallest absolute Gasteiger partial charge is 0.150 e. The molecule has 0 fully saturated rings. The van der Waals surface area contributed by atoms with Gasteiger partial charge >= 0.3 is 0 Å². The summed E-state index contributed by atoms with van der Waals surface area (Å²) in [4.78, 5) is 4.37. The Morgan fingerprint density at radius 3 is 3.00 bits per heavy atom. The molecule has 1 aromatic heterocycles. The summed E-state index contributed by atoms with van der Waals surface area (Å²) in [6, 6.07) is 3.68. The van der Waals surface area contributed by atoms with Crippen LogP contribution in [0.25, 0.3) is 10.2 Å². The monoisotopic (exact) mass is 230 g/mol. The van der Waals surface area contributed by atoms with E-state index in [9.17, 15) is 0 Å². The molecule has 5 heteroatoms. The van der Waals surface area contributed by atoms with Crippen LogP contribution in [0.5, 0.6) is 0 Å². The number of rotatable bonds is 1. The van der Waals surface area contributed by atoms with E-state index < -0.39 is 0 Å². The topological polar surface area (TPSA) is 38.9 Å². The summed E-state index contributed by atoms with van der Waals surface area (Å²) in [5.74, 6) is 0. The molecule has 2 nitrogen and oxygen atoms in total. The van der Waals surface area contributed by atoms with Crippen molar-refractivity contribution in [1.29, 1.82) is 0 Å². The van der Waals surface area contributed by atoms with Crippen molar-refractivity contribution in [3.8, 4) is 0 Å². The van der Waals surface area contributed by atoms with Gasteiger partial charge in [-0.1, -0.05) is 23.4 Å². The van der Waals surface area contributed by atoms with Crippen LogP contribution in [0.3, 0.4) is 0 Å². The molecule has 0 unspecified atom stereocenters. The van der Waals surface area contributed by atoms with Crippen molar-refractivity contribution in [3.05, 3.63) is 17.2 Å². The maximum atomic E-state index is 6.03. The first-order valence-corrected chi connectivity index (χ1v) is 6.03. The molecule has 0 bridgehead atoms. The van der Waals surface area contributed by atoms with Gasteiger partial charge in [0.05, 0.1) is 20.9 Å². The average Bonchev–Trinajstić information content (AvgIpc) is 2.55. The first kappa shape index (κ1) is 9.12. The van der Waals surface area contributed by atoms with E-state index in [2.05, 4.69) is 4.98 Å². The van der Waals surface area contributed by atoms with Crippen LogP contribution in [0.2, 0.25) is 5.02 Å². The van der Waals surface area contributed by atoms with Crippen molar-refractivity contribution in [2.75, 3.05) is 12.0 Å². The van der Waals surface area contributed by atoms with Crippen LogP contribution in [-0.2, 0) is 0 Å². The van der Waals surface area contributed by atoms with Gasteiger partial charge in [-0.15, -0.1) is 11.3 Å². The number of nitrogens with two attached hydrogens (primary N) is 1. The fourth-order valence-corrected chi connectivity index (χ4v) is 2.83. The van der Waals surface area contributed by atoms with Crippen LogP contribution in [0.1, 0.15) is 0 Å². The molecule has 1 aromatic carbocycles. The van der Waals surface area contributed by atoms with Crippen LogP contribution < -0.4 is 5.73 Å². The molecule has 2 N–H and O–H groups in total. The van der Waals surface area contributed by atoms with Crippen molar-refractivity contribution in [1.82, 2.24) is 4.98 Å². The number of hydrogen-bond donors (Lipinski definition) is 1. The van der Waals surface area contributed by atoms with Gasteiger partial charge in [-0.3, -0.25) is 0 Å². The standard InChI is InChI=1S/C8H7ClN2S2/c1-12-8-11-5-3-2-4(10)6(9)7(5)13-8/h2-3H,10H2,1H3. The number of nitrogen functional groups attached to an aromatic ring is 1. The van der Waals surface area contributed by atoms with Crippen molar-refractivity contribution >= 4 is 50.6 Å². The molecule has 0 aliphatic carbocycles. The Morgan fingerprint density at radius 2 is 2.31 bits per heavy atom. The minimum absolute atomic E-state index is 0.616. The van der Waals surface area contributed by atoms with Gasteiger partial charge in [0, 0.05) is 0 Å². The Labute approximate surface area is 89.1 Å². The van der Waals surface area contributed by atoms with E-state index in [-0.39, 0.29) is 0 Å². The molecule has 2 aromatic rings. The SMILES string of the molecule is CSc1nc2ccc(N)c(Cl)c2s1. The van der Waals surface area contributed by atoms with Gasteiger partial charge in [0.2, 0.25) is 0 Å². The van der Waals surface area contributed by atoms with Crippen molar-refractivity contribution in [3.63, 3.8) is 0 Å². The Hall–Kier alpha value is -0.450. The van der Waals surface area contributed by atoms with Crippen LogP contribution in [0.4, 0.5) is 5.69 Å². The van der Waals surface area contributed by atoms with Gasteiger partial charge in [0.25, 0.3) is 0 Å². The molecule has 0 aliphatic heterocycles. The maximum absolute atomic E-state index is 6.03. The second-order valence-electron chi connectivity index (χ2n) is 2.50. The van der Waals surface area contributed by atoms with E-state index in [0.717, 1.165) is 14.6 Å². The van der Waals surface area contributed by atoms with Gasteiger partial charge in [-0.25, -0.2) is 4.98 Å². The quantitative estimate of drug-likeness (QED) is 0.604. The fourth-order valence-electron chi connectivity index (χ4n) is 1.04. The number of fused-ring (bicyclic) bond motifs is 1. The van der Waals surface area contributed by atoms with Crippen LogP contribution in [-0.4, -0.2) is 11.2 Å². The lowest BCUT2D eigenvalue weighted by molar-refractivity contribution is 1.31. The van der Waals surface area contributed by atoms with E-state index >= 15 is 0 Å². The molecule has 0 aliphatic rings. The van der Waals surface area contributed by atoms with Crippen molar-refractivity contribution in [2.24, 2.45) is 0 Å². The number of benzene rings is 1. The number of thiazole rings is 1. The molecule has 0 saturated heterocycles. The third-order valence-corrected chi connectivity index (χ3v) is 4.28. The number of hydrogen-bond acceptors (Lipinski definition) is 4. The molecule has 2 rings (SSSR count). The highest BCUT2D eigenvalue weighted by molar-refractivity contribution is 8.00. The lowest BCUT2D eigenvalue weighted by atomic mass is 10.3. The normalized spacial score (nSPS) is 10.9. The van der Waals surface area contributed by atoms with Gasteiger partial charge in [-0.2, -0.15) is 0 Å². The number of nitrogens with zero attached hydrogens (tertiary/aromatic N) is 1. The third kappa shape index (κ3) is 1.49.